The fraction of sp³-hybridized carbons (Fsp3) is 0.378. The number of fused-ring (bicyclic) bond motifs is 1. The molecule has 0 aliphatic carbocycles. The lowest BCUT2D eigenvalue weighted by Crippen LogP contribution is -2.47. The van der Waals surface area contributed by atoms with Crippen molar-refractivity contribution in [3.8, 4) is 0 Å². The van der Waals surface area contributed by atoms with Crippen LogP contribution in [0.5, 0.6) is 0 Å². The molecular formula is C37H44N4O8. The van der Waals surface area contributed by atoms with Crippen LogP contribution in [0.4, 0.5) is 9.59 Å². The van der Waals surface area contributed by atoms with Gasteiger partial charge in [0.2, 0.25) is 11.9 Å². The number of carbonyl (C=O) groups is 3. The van der Waals surface area contributed by atoms with Crippen LogP contribution in [0, 0.1) is 5.92 Å². The van der Waals surface area contributed by atoms with Crippen LogP contribution in [-0.2, 0) is 38.6 Å². The molecule has 12 heteroatoms. The van der Waals surface area contributed by atoms with Gasteiger partial charge in [0, 0.05) is 5.92 Å². The van der Waals surface area contributed by atoms with E-state index in [1.54, 1.807) is 53.7 Å². The second-order valence-corrected chi connectivity index (χ2v) is 13.5. The number of aliphatic hydroxyl groups excluding tert-OH is 1. The van der Waals surface area contributed by atoms with E-state index in [2.05, 4.69) is 20.6 Å². The van der Waals surface area contributed by atoms with E-state index in [9.17, 15) is 19.5 Å². The molecule has 3 N–H and O–H groups in total. The summed E-state index contributed by atoms with van der Waals surface area (Å²) in [6, 6.07) is 23.9. The zero-order valence-corrected chi connectivity index (χ0v) is 28.7. The number of carbonyl (C=O) groups excluding carboxylic acids is 3. The zero-order chi connectivity index (χ0) is 35.6. The number of hydrogen-bond donors (Lipinski definition) is 3. The Hall–Kier alpha value is -5.23. The Balaban J connectivity index is 1.48. The second kappa shape index (κ2) is 16.2. The Labute approximate surface area is 285 Å². The first kappa shape index (κ1) is 36.6. The number of ether oxygens (including phenoxy) is 3. The first-order chi connectivity index (χ1) is 23.1. The minimum Gasteiger partial charge on any atom is -0.461 e. The van der Waals surface area contributed by atoms with Crippen molar-refractivity contribution in [3.05, 3.63) is 101 Å². The predicted molar refractivity (Wildman–Crippen MR) is 183 cm³/mol. The molecule has 4 rings (SSSR count). The van der Waals surface area contributed by atoms with Gasteiger partial charge in [-0.3, -0.25) is 15.4 Å². The highest BCUT2D eigenvalue weighted by Crippen LogP contribution is 2.30. The van der Waals surface area contributed by atoms with Crippen molar-refractivity contribution in [3.63, 3.8) is 0 Å². The second-order valence-electron chi connectivity index (χ2n) is 13.5. The van der Waals surface area contributed by atoms with Gasteiger partial charge < -0.3 is 23.7 Å². The van der Waals surface area contributed by atoms with Gasteiger partial charge in [-0.05, 0) is 76.8 Å². The molecule has 3 aromatic carbocycles. The number of benzene rings is 3. The van der Waals surface area contributed by atoms with E-state index in [4.69, 9.17) is 18.6 Å². The maximum atomic E-state index is 13.0. The number of aromatic nitrogens is 1. The van der Waals surface area contributed by atoms with Crippen molar-refractivity contribution in [2.24, 2.45) is 10.9 Å². The number of nitrogens with zero attached hydrogens (tertiary/aromatic N) is 2. The molecule has 2 amide bonds. The summed E-state index contributed by atoms with van der Waals surface area (Å²) in [5.74, 6) is -1.08. The van der Waals surface area contributed by atoms with Crippen LogP contribution in [0.2, 0.25) is 0 Å². The van der Waals surface area contributed by atoms with Gasteiger partial charge in [0.15, 0.2) is 5.58 Å². The summed E-state index contributed by atoms with van der Waals surface area (Å²) < 4.78 is 22.0. The smallest absolute Gasteiger partial charge is 0.414 e. The summed E-state index contributed by atoms with van der Waals surface area (Å²) in [5, 5.41) is 16.3. The maximum absolute atomic E-state index is 13.0. The molecule has 1 aromatic heterocycles. The highest BCUT2D eigenvalue weighted by Gasteiger charge is 2.29. The topological polar surface area (TPSA) is 162 Å². The van der Waals surface area contributed by atoms with Crippen LogP contribution in [-0.4, -0.2) is 45.4 Å². The van der Waals surface area contributed by atoms with Crippen LogP contribution in [0.1, 0.15) is 76.6 Å². The molecule has 49 heavy (non-hydrogen) atoms. The summed E-state index contributed by atoms with van der Waals surface area (Å²) in [7, 11) is 0. The Morgan fingerprint density at radius 3 is 1.96 bits per heavy atom. The molecular weight excluding hydrogens is 628 g/mol. The number of oxazole rings is 1. The average molecular weight is 673 g/mol. The van der Waals surface area contributed by atoms with Gasteiger partial charge in [-0.1, -0.05) is 66.7 Å². The van der Waals surface area contributed by atoms with Crippen molar-refractivity contribution >= 4 is 35.2 Å². The molecule has 0 saturated heterocycles. The van der Waals surface area contributed by atoms with Crippen molar-refractivity contribution in [2.45, 2.75) is 84.8 Å². The Morgan fingerprint density at radius 1 is 0.796 bits per heavy atom. The molecule has 260 valence electrons. The lowest BCUT2D eigenvalue weighted by molar-refractivity contribution is -0.147. The standard InChI is InChI=1S/C37H44N4O8/c1-36(2,3)48-34(44)40-33(41-35(45)49-37(4,5)6)38-22-25-18-16-24(17-19-25)20-27(21-30(42)46-23-26-12-8-7-9-13-26)31(43)32-39-28-14-10-11-15-29(28)47-32/h7-19,27,31,43H,20-23H2,1-6H3,(H2,38,40,41,44,45)/t27-,31?/m1/s1. The number of para-hydroxylation sites is 2. The van der Waals surface area contributed by atoms with Crippen molar-refractivity contribution in [1.29, 1.82) is 0 Å². The van der Waals surface area contributed by atoms with Gasteiger partial charge in [0.25, 0.3) is 0 Å². The van der Waals surface area contributed by atoms with Crippen LogP contribution >= 0.6 is 0 Å². The lowest BCUT2D eigenvalue weighted by atomic mass is 9.90. The molecule has 1 heterocycles. The predicted octanol–water partition coefficient (Wildman–Crippen LogP) is 6.76. The Morgan fingerprint density at radius 2 is 1.37 bits per heavy atom. The Kier molecular flexibility index (Phi) is 12.1. The SMILES string of the molecule is CC(C)(C)OC(=O)NC(=NCc1ccc(C[C@H](CC(=O)OCc2ccccc2)C(O)c2nc3ccccc3o2)cc1)NC(=O)OC(C)(C)C. The van der Waals surface area contributed by atoms with Crippen molar-refractivity contribution < 1.29 is 38.1 Å². The molecule has 12 nitrogen and oxygen atoms in total. The fourth-order valence-corrected chi connectivity index (χ4v) is 4.69. The zero-order valence-electron chi connectivity index (χ0n) is 28.7. The number of aliphatic hydroxyl groups is 1. The molecule has 0 saturated carbocycles. The molecule has 0 aliphatic heterocycles. The normalized spacial score (nSPS) is 12.8. The van der Waals surface area contributed by atoms with Crippen LogP contribution < -0.4 is 10.6 Å². The van der Waals surface area contributed by atoms with Gasteiger partial charge in [0.1, 0.15) is 29.4 Å². The number of guanidine groups is 1. The van der Waals surface area contributed by atoms with Crippen LogP contribution in [0.3, 0.4) is 0 Å². The summed E-state index contributed by atoms with van der Waals surface area (Å²) in [6.45, 7) is 10.5. The lowest BCUT2D eigenvalue weighted by Gasteiger charge is -2.22. The van der Waals surface area contributed by atoms with E-state index in [1.165, 1.54) is 0 Å². The third-order valence-electron chi connectivity index (χ3n) is 6.86. The minimum absolute atomic E-state index is 0.0746. The number of amides is 2. The van der Waals surface area contributed by atoms with Gasteiger partial charge in [0.05, 0.1) is 13.0 Å². The molecule has 0 fully saturated rings. The van der Waals surface area contributed by atoms with Crippen molar-refractivity contribution in [1.82, 2.24) is 15.6 Å². The largest absolute Gasteiger partial charge is 0.461 e. The third-order valence-corrected chi connectivity index (χ3v) is 6.86. The summed E-state index contributed by atoms with van der Waals surface area (Å²) in [6.07, 6.45) is -2.52. The minimum atomic E-state index is -1.18. The third kappa shape index (κ3) is 12.4. The van der Waals surface area contributed by atoms with E-state index in [-0.39, 0.29) is 31.4 Å². The van der Waals surface area contributed by atoms with E-state index in [0.29, 0.717) is 17.5 Å². The molecule has 0 aliphatic rings. The molecule has 0 spiro atoms. The molecule has 4 aromatic rings. The quantitative estimate of drug-likeness (QED) is 0.0715. The molecule has 2 atom stereocenters. The highest BCUT2D eigenvalue weighted by atomic mass is 16.6. The monoisotopic (exact) mass is 672 g/mol. The van der Waals surface area contributed by atoms with Gasteiger partial charge in [-0.25, -0.2) is 19.6 Å². The van der Waals surface area contributed by atoms with E-state index in [1.807, 2.05) is 66.7 Å². The van der Waals surface area contributed by atoms with Crippen LogP contribution in [0.15, 0.2) is 88.3 Å². The first-order valence-electron chi connectivity index (χ1n) is 16.0. The summed E-state index contributed by atoms with van der Waals surface area (Å²) >= 11 is 0. The van der Waals surface area contributed by atoms with E-state index < -0.39 is 41.4 Å². The number of nitrogens with one attached hydrogen (secondary N) is 2. The van der Waals surface area contributed by atoms with Crippen molar-refractivity contribution in [2.75, 3.05) is 0 Å². The summed E-state index contributed by atoms with van der Waals surface area (Å²) in [4.78, 5) is 46.6. The summed E-state index contributed by atoms with van der Waals surface area (Å²) in [5.41, 5.74) is 2.07. The number of aliphatic imine (C=N–C) groups is 1. The number of alkyl carbamates (subject to hydrolysis) is 2. The molecule has 0 radical (unpaired) electrons. The van der Waals surface area contributed by atoms with Gasteiger partial charge >= 0.3 is 18.2 Å². The maximum Gasteiger partial charge on any atom is 0.414 e. The average Bonchev–Trinajstić information content (AvgIpc) is 3.46. The van der Waals surface area contributed by atoms with E-state index >= 15 is 0 Å². The van der Waals surface area contributed by atoms with Gasteiger partial charge in [-0.15, -0.1) is 0 Å². The highest BCUT2D eigenvalue weighted by molar-refractivity contribution is 6.01. The number of hydrogen-bond acceptors (Lipinski definition) is 10. The molecule has 1 unspecified atom stereocenters. The number of rotatable bonds is 10. The fourth-order valence-electron chi connectivity index (χ4n) is 4.69. The first-order valence-corrected chi connectivity index (χ1v) is 16.0. The number of esters is 1. The van der Waals surface area contributed by atoms with Gasteiger partial charge in [-0.2, -0.15) is 0 Å². The molecule has 0 bridgehead atoms. The van der Waals surface area contributed by atoms with E-state index in [0.717, 1.165) is 16.7 Å². The Bertz CT molecular complexity index is 1670. The van der Waals surface area contributed by atoms with Crippen LogP contribution in [0.25, 0.3) is 11.1 Å².